The summed E-state index contributed by atoms with van der Waals surface area (Å²) in [6, 6.07) is 22.8. The molecule has 168 valence electrons. The molecule has 0 saturated heterocycles. The molecule has 0 bridgehead atoms. The zero-order chi connectivity index (χ0) is 24.4. The van der Waals surface area contributed by atoms with Crippen LogP contribution in [0.25, 0.3) is 26.3 Å². The van der Waals surface area contributed by atoms with E-state index in [1.54, 1.807) is 23.6 Å². The first kappa shape index (κ1) is 22.4. The Morgan fingerprint density at radius 1 is 0.943 bits per heavy atom. The zero-order valence-corrected chi connectivity index (χ0v) is 20.4. The third-order valence-corrected chi connectivity index (χ3v) is 6.98. The average Bonchev–Trinajstić information content (AvgIpc) is 3.56. The molecule has 0 aliphatic carbocycles. The van der Waals surface area contributed by atoms with Gasteiger partial charge in [-0.1, -0.05) is 47.0 Å². The molecule has 9 heteroatoms. The van der Waals surface area contributed by atoms with Crippen LogP contribution in [0.15, 0.2) is 71.9 Å². The van der Waals surface area contributed by atoms with Crippen LogP contribution in [0, 0.1) is 31.8 Å². The summed E-state index contributed by atoms with van der Waals surface area (Å²) in [5.41, 5.74) is 6.50. The Balaban J connectivity index is 1.60. The number of amidine groups is 1. The van der Waals surface area contributed by atoms with Crippen molar-refractivity contribution in [2.45, 2.75) is 13.8 Å². The topological polar surface area (TPSA) is 82.4 Å². The second-order valence-electron chi connectivity index (χ2n) is 7.76. The average molecular weight is 492 g/mol. The summed E-state index contributed by atoms with van der Waals surface area (Å²) in [6.45, 7) is 11.2. The zero-order valence-electron chi connectivity index (χ0n) is 18.8. The Kier molecular flexibility index (Phi) is 6.02. The van der Waals surface area contributed by atoms with Gasteiger partial charge in [-0.3, -0.25) is 0 Å². The van der Waals surface area contributed by atoms with E-state index in [9.17, 15) is 0 Å². The fraction of sp³-hybridized carbons (Fsp3) is 0.0769. The highest BCUT2D eigenvalue weighted by Crippen LogP contribution is 2.43. The van der Waals surface area contributed by atoms with Crippen LogP contribution in [0.1, 0.15) is 11.1 Å². The lowest BCUT2D eigenvalue weighted by atomic mass is 10.1. The van der Waals surface area contributed by atoms with E-state index in [0.29, 0.717) is 11.0 Å². The maximum Gasteiger partial charge on any atom is 0.351 e. The molecule has 7 nitrogen and oxygen atoms in total. The standard InChI is InChI=1S/C26H17N7S2/c1-16-4-8-18(9-5-16)33(19-10-6-17(2)7-11-19)23-13-12-21(34-23)20-15-29-26(30-22(14-27)28-3)25-24(20)31-35-32-25/h4-13,15H,1-2H3. The minimum Gasteiger partial charge on any atom is -0.351 e. The number of aliphatic imine (C=N–C) groups is 1. The van der Waals surface area contributed by atoms with Gasteiger partial charge < -0.3 is 9.74 Å². The number of hydrogen-bond donors (Lipinski definition) is 0. The van der Waals surface area contributed by atoms with E-state index >= 15 is 0 Å². The predicted octanol–water partition coefficient (Wildman–Crippen LogP) is 7.37. The van der Waals surface area contributed by atoms with Crippen LogP contribution in [0.4, 0.5) is 22.2 Å². The van der Waals surface area contributed by atoms with Gasteiger partial charge in [-0.05, 0) is 50.2 Å². The molecule has 3 aromatic heterocycles. The van der Waals surface area contributed by atoms with Crippen LogP contribution in [-0.2, 0) is 0 Å². The molecule has 0 radical (unpaired) electrons. The molecular formula is C26H17N7S2. The first-order valence-electron chi connectivity index (χ1n) is 10.6. The Morgan fingerprint density at radius 3 is 2.17 bits per heavy atom. The lowest BCUT2D eigenvalue weighted by Gasteiger charge is -2.24. The van der Waals surface area contributed by atoms with Crippen LogP contribution >= 0.6 is 23.1 Å². The molecule has 5 aromatic rings. The summed E-state index contributed by atoms with van der Waals surface area (Å²) < 4.78 is 8.78. The van der Waals surface area contributed by atoms with Crippen molar-refractivity contribution in [3.05, 3.63) is 89.4 Å². The predicted molar refractivity (Wildman–Crippen MR) is 142 cm³/mol. The third kappa shape index (κ3) is 4.38. The van der Waals surface area contributed by atoms with Gasteiger partial charge >= 0.3 is 5.84 Å². The molecular weight excluding hydrogens is 474 g/mol. The van der Waals surface area contributed by atoms with Gasteiger partial charge in [-0.2, -0.15) is 8.75 Å². The highest BCUT2D eigenvalue weighted by molar-refractivity contribution is 7.19. The Hall–Kier alpha value is -4.44. The minimum atomic E-state index is -0.287. The van der Waals surface area contributed by atoms with E-state index in [4.69, 9.17) is 11.8 Å². The molecule has 0 saturated carbocycles. The van der Waals surface area contributed by atoms with Gasteiger partial charge in [0.05, 0.1) is 11.7 Å². The summed E-state index contributed by atoms with van der Waals surface area (Å²) in [5, 5.41) is 10.1. The fourth-order valence-electron chi connectivity index (χ4n) is 3.58. The van der Waals surface area contributed by atoms with Crippen molar-refractivity contribution in [1.29, 1.82) is 5.26 Å². The van der Waals surface area contributed by atoms with E-state index in [1.165, 1.54) is 11.1 Å². The molecule has 35 heavy (non-hydrogen) atoms. The first-order chi connectivity index (χ1) is 17.1. The molecule has 5 rings (SSSR count). The van der Waals surface area contributed by atoms with E-state index in [0.717, 1.165) is 38.5 Å². The summed E-state index contributed by atoms with van der Waals surface area (Å²) in [7, 11) is 0. The van der Waals surface area contributed by atoms with E-state index < -0.39 is 0 Å². The Morgan fingerprint density at radius 2 is 1.57 bits per heavy atom. The molecule has 0 atom stereocenters. The van der Waals surface area contributed by atoms with Crippen LogP contribution in [-0.4, -0.2) is 19.6 Å². The number of thiophene rings is 1. The van der Waals surface area contributed by atoms with E-state index in [2.05, 4.69) is 96.9 Å². The van der Waals surface area contributed by atoms with Crippen molar-refractivity contribution < 1.29 is 0 Å². The highest BCUT2D eigenvalue weighted by Gasteiger charge is 2.20. The lowest BCUT2D eigenvalue weighted by molar-refractivity contribution is 1.29. The Labute approximate surface area is 210 Å². The maximum absolute atomic E-state index is 9.06. The number of nitriles is 1. The second-order valence-corrected chi connectivity index (χ2v) is 9.35. The number of fused-ring (bicyclic) bond motifs is 1. The Bertz CT molecular complexity index is 1570. The number of pyridine rings is 1. The van der Waals surface area contributed by atoms with Gasteiger partial charge in [0, 0.05) is 28.0 Å². The highest BCUT2D eigenvalue weighted by atomic mass is 32.1. The van der Waals surface area contributed by atoms with Gasteiger partial charge in [0.1, 0.15) is 16.6 Å². The third-order valence-electron chi connectivity index (χ3n) is 5.35. The van der Waals surface area contributed by atoms with Crippen LogP contribution in [0.3, 0.4) is 0 Å². The first-order valence-corrected chi connectivity index (χ1v) is 12.1. The number of aryl methyl sites for hydroxylation is 2. The molecule has 0 unspecified atom stereocenters. The second kappa shape index (κ2) is 9.43. The number of rotatable bonds is 5. The molecule has 0 fully saturated rings. The number of nitrogens with zero attached hydrogens (tertiary/aromatic N) is 7. The molecule has 0 aliphatic rings. The lowest BCUT2D eigenvalue weighted by Crippen LogP contribution is -2.08. The molecule has 0 spiro atoms. The van der Waals surface area contributed by atoms with Gasteiger partial charge in [0.25, 0.3) is 5.82 Å². The van der Waals surface area contributed by atoms with Crippen LogP contribution in [0.2, 0.25) is 0 Å². The van der Waals surface area contributed by atoms with Gasteiger partial charge in [0.2, 0.25) is 0 Å². The summed E-state index contributed by atoms with van der Waals surface area (Å²) in [4.78, 5) is 14.8. The minimum absolute atomic E-state index is 0.225. The van der Waals surface area contributed by atoms with Crippen molar-refractivity contribution in [1.82, 2.24) is 13.7 Å². The van der Waals surface area contributed by atoms with Crippen LogP contribution in [0.5, 0.6) is 0 Å². The van der Waals surface area contributed by atoms with Crippen molar-refractivity contribution in [3.63, 3.8) is 0 Å². The largest absolute Gasteiger partial charge is 0.351 e. The smallest absolute Gasteiger partial charge is 0.351 e. The summed E-state index contributed by atoms with van der Waals surface area (Å²) in [5.74, 6) is -0.0624. The fourth-order valence-corrected chi connectivity index (χ4v) is 5.20. The molecule has 2 aromatic carbocycles. The van der Waals surface area contributed by atoms with Crippen molar-refractivity contribution in [2.24, 2.45) is 4.99 Å². The molecule has 0 aliphatic heterocycles. The van der Waals surface area contributed by atoms with Gasteiger partial charge in [0.15, 0.2) is 5.52 Å². The number of aromatic nitrogens is 3. The number of anilines is 3. The van der Waals surface area contributed by atoms with Crippen molar-refractivity contribution in [3.8, 4) is 16.5 Å². The normalized spacial score (nSPS) is 11.3. The monoisotopic (exact) mass is 491 g/mol. The van der Waals surface area contributed by atoms with Gasteiger partial charge in [-0.15, -0.1) is 11.3 Å². The van der Waals surface area contributed by atoms with Crippen molar-refractivity contribution in [2.75, 3.05) is 4.90 Å². The SMILES string of the molecule is [C-]#[N+]C(C#N)=Nc1ncc(-c2ccc(N(c3ccc(C)cc3)c3ccc(C)cc3)s2)c2nsnc12. The molecule has 3 heterocycles. The van der Waals surface area contributed by atoms with E-state index in [-0.39, 0.29) is 11.7 Å². The number of benzene rings is 2. The maximum atomic E-state index is 9.06. The van der Waals surface area contributed by atoms with Crippen LogP contribution < -0.4 is 4.90 Å². The summed E-state index contributed by atoms with van der Waals surface area (Å²) >= 11 is 2.68. The number of hydrogen-bond acceptors (Lipinski definition) is 8. The molecule has 0 N–H and O–H groups in total. The van der Waals surface area contributed by atoms with Gasteiger partial charge in [-0.25, -0.2) is 10.2 Å². The summed E-state index contributed by atoms with van der Waals surface area (Å²) in [6.07, 6.45) is 1.68. The molecule has 0 amide bonds. The van der Waals surface area contributed by atoms with Crippen molar-refractivity contribution >= 4 is 62.1 Å². The quantitative estimate of drug-likeness (QED) is 0.146. The van der Waals surface area contributed by atoms with E-state index in [1.807, 2.05) is 6.07 Å².